The minimum atomic E-state index is -0.00701. The number of fused-ring (bicyclic) bond motifs is 11. The van der Waals surface area contributed by atoms with Crippen LogP contribution in [0.25, 0.3) is 10.8 Å². The Balaban J connectivity index is 1.12. The summed E-state index contributed by atoms with van der Waals surface area (Å²) in [5.41, 5.74) is 14.3. The Bertz CT molecular complexity index is 2600. The number of hydrogen-bond donors (Lipinski definition) is 0. The van der Waals surface area contributed by atoms with Crippen molar-refractivity contribution >= 4 is 91.1 Å². The molecule has 4 nitrogen and oxygen atoms in total. The largest absolute Gasteiger partial charge is 0.458 e. The molecule has 0 spiro atoms. The first-order valence-corrected chi connectivity index (χ1v) is 17.9. The van der Waals surface area contributed by atoms with Crippen LogP contribution >= 0.6 is 0 Å². The zero-order valence-corrected chi connectivity index (χ0v) is 28.0. The van der Waals surface area contributed by atoms with Gasteiger partial charge < -0.3 is 19.3 Å². The van der Waals surface area contributed by atoms with E-state index >= 15 is 0 Å². The fourth-order valence-corrected chi connectivity index (χ4v) is 9.39. The van der Waals surface area contributed by atoms with Crippen molar-refractivity contribution in [2.45, 2.75) is 0 Å². The van der Waals surface area contributed by atoms with E-state index in [1.807, 2.05) is 0 Å². The molecule has 8 aromatic rings. The summed E-state index contributed by atoms with van der Waals surface area (Å²) < 4.78 is 13.7. The van der Waals surface area contributed by atoms with Crippen LogP contribution in [0.1, 0.15) is 0 Å². The molecule has 0 saturated carbocycles. The summed E-state index contributed by atoms with van der Waals surface area (Å²) in [4.78, 5) is 4.77. The van der Waals surface area contributed by atoms with Gasteiger partial charge >= 0.3 is 0 Å². The van der Waals surface area contributed by atoms with Gasteiger partial charge in [-0.1, -0.05) is 97.1 Å². The lowest BCUT2D eigenvalue weighted by Crippen LogP contribution is -2.61. The van der Waals surface area contributed by atoms with Crippen molar-refractivity contribution in [2.24, 2.45) is 0 Å². The Morgan fingerprint density at radius 3 is 1.15 bits per heavy atom. The topological polar surface area (TPSA) is 24.9 Å². The highest BCUT2D eigenvalue weighted by Gasteiger charge is 2.45. The molecule has 0 N–H and O–H groups in total. The van der Waals surface area contributed by atoms with Gasteiger partial charge in [0.1, 0.15) is 23.0 Å². The van der Waals surface area contributed by atoms with Crippen molar-refractivity contribution in [3.63, 3.8) is 0 Å². The first-order valence-electron chi connectivity index (χ1n) is 17.9. The third-order valence-corrected chi connectivity index (χ3v) is 11.4. The Kier molecular flexibility index (Phi) is 5.64. The molecule has 0 aliphatic carbocycles. The average molecular weight is 662 g/mol. The quantitative estimate of drug-likeness (QED) is 0.178. The Morgan fingerprint density at radius 2 is 0.692 bits per heavy atom. The molecular weight excluding hydrogens is 634 g/mol. The molecule has 4 aliphatic heterocycles. The predicted molar refractivity (Wildman–Crippen MR) is 216 cm³/mol. The maximum absolute atomic E-state index is 6.87. The van der Waals surface area contributed by atoms with E-state index in [-0.39, 0.29) is 13.4 Å². The maximum atomic E-state index is 6.87. The van der Waals surface area contributed by atoms with Crippen LogP contribution in [0.2, 0.25) is 0 Å². The molecule has 0 unspecified atom stereocenters. The van der Waals surface area contributed by atoms with Crippen LogP contribution < -0.4 is 52.1 Å². The maximum Gasteiger partial charge on any atom is 0.257 e. The summed E-state index contributed by atoms with van der Waals surface area (Å²) in [6, 6.07) is 60.9. The van der Waals surface area contributed by atoms with Crippen molar-refractivity contribution in [2.75, 3.05) is 9.80 Å². The average Bonchev–Trinajstić information content (AvgIpc) is 3.21. The van der Waals surface area contributed by atoms with E-state index in [0.717, 1.165) is 45.7 Å². The van der Waals surface area contributed by atoms with Crippen LogP contribution in [-0.2, 0) is 0 Å². The molecule has 240 valence electrons. The summed E-state index contributed by atoms with van der Waals surface area (Å²) in [6.45, 7) is -0.0140. The standard InChI is InChI=1S/C46H28B2N2O2/c1-3-13-29(14-4-1)49-35-19-9-7-17-33(35)47-43-31-25-28-42-44(32(31)26-27-41(43)51-39-23-11-21-37(49)45(39)47)48-34-18-8-10-20-36(34)50(30-15-5-2-6-16-30)38-22-12-24-40(52-42)46(38)48/h1-28H. The molecule has 0 saturated heterocycles. The zero-order chi connectivity index (χ0) is 33.9. The summed E-state index contributed by atoms with van der Waals surface area (Å²) in [7, 11) is 0. The first-order chi connectivity index (χ1) is 25.8. The lowest BCUT2D eigenvalue weighted by molar-refractivity contribution is 0.486. The normalized spacial score (nSPS) is 13.9. The number of para-hydroxylation sites is 4. The van der Waals surface area contributed by atoms with Gasteiger partial charge in [0.05, 0.1) is 0 Å². The lowest BCUT2D eigenvalue weighted by Gasteiger charge is -2.41. The first kappa shape index (κ1) is 28.1. The van der Waals surface area contributed by atoms with Crippen molar-refractivity contribution in [1.29, 1.82) is 0 Å². The third-order valence-electron chi connectivity index (χ3n) is 11.4. The van der Waals surface area contributed by atoms with Crippen LogP contribution in [0.4, 0.5) is 34.1 Å². The number of nitrogens with zero attached hydrogens (tertiary/aromatic N) is 2. The number of hydrogen-bond acceptors (Lipinski definition) is 4. The molecule has 6 heteroatoms. The molecule has 0 bridgehead atoms. The van der Waals surface area contributed by atoms with Crippen LogP contribution in [0.15, 0.2) is 170 Å². The van der Waals surface area contributed by atoms with E-state index in [1.165, 1.54) is 54.9 Å². The number of rotatable bonds is 2. The molecule has 0 amide bonds. The van der Waals surface area contributed by atoms with Gasteiger partial charge in [0, 0.05) is 34.1 Å². The highest BCUT2D eigenvalue weighted by atomic mass is 16.5. The minimum absolute atomic E-state index is 0.00701. The molecule has 8 aromatic carbocycles. The highest BCUT2D eigenvalue weighted by molar-refractivity contribution is 7.02. The van der Waals surface area contributed by atoms with Crippen molar-refractivity contribution < 1.29 is 9.47 Å². The van der Waals surface area contributed by atoms with Crippen LogP contribution in [-0.4, -0.2) is 13.4 Å². The molecule has 52 heavy (non-hydrogen) atoms. The monoisotopic (exact) mass is 662 g/mol. The number of benzene rings is 8. The predicted octanol–water partition coefficient (Wildman–Crippen LogP) is 7.65. The summed E-state index contributed by atoms with van der Waals surface area (Å²) in [5, 5.41) is 2.38. The van der Waals surface area contributed by atoms with Crippen LogP contribution in [0.5, 0.6) is 23.0 Å². The van der Waals surface area contributed by atoms with E-state index in [9.17, 15) is 0 Å². The molecule has 12 rings (SSSR count). The summed E-state index contributed by atoms with van der Waals surface area (Å²) in [5.74, 6) is 3.63. The molecule has 0 radical (unpaired) electrons. The SMILES string of the molecule is c1ccc(N2c3ccccc3B3c4c(cccc42)Oc2ccc4c5c(ccc4c23)Oc2cccc3c2B5c2ccccc2N3c2ccccc2)cc1. The van der Waals surface area contributed by atoms with Crippen molar-refractivity contribution in [1.82, 2.24) is 0 Å². The Labute approximate surface area is 302 Å². The van der Waals surface area contributed by atoms with Gasteiger partial charge in [0.15, 0.2) is 0 Å². The van der Waals surface area contributed by atoms with E-state index < -0.39 is 0 Å². The number of ether oxygens (including phenoxy) is 2. The van der Waals surface area contributed by atoms with Gasteiger partial charge in [0.25, 0.3) is 13.4 Å². The second-order valence-corrected chi connectivity index (χ2v) is 14.0. The van der Waals surface area contributed by atoms with E-state index in [4.69, 9.17) is 9.47 Å². The molecule has 0 aromatic heterocycles. The third kappa shape index (κ3) is 3.68. The van der Waals surface area contributed by atoms with Crippen LogP contribution in [0, 0.1) is 0 Å². The molecule has 4 heterocycles. The molecule has 0 fully saturated rings. The van der Waals surface area contributed by atoms with Gasteiger partial charge in [-0.05, 0) is 116 Å². The Morgan fingerprint density at radius 1 is 0.308 bits per heavy atom. The zero-order valence-electron chi connectivity index (χ0n) is 28.0. The van der Waals surface area contributed by atoms with Gasteiger partial charge in [-0.25, -0.2) is 0 Å². The minimum Gasteiger partial charge on any atom is -0.458 e. The van der Waals surface area contributed by atoms with Crippen molar-refractivity contribution in [3.8, 4) is 23.0 Å². The van der Waals surface area contributed by atoms with Gasteiger partial charge in [-0.15, -0.1) is 0 Å². The molecular formula is C46H28B2N2O2. The lowest BCUT2D eigenvalue weighted by atomic mass is 9.32. The fraction of sp³-hybridized carbons (Fsp3) is 0. The highest BCUT2D eigenvalue weighted by Crippen LogP contribution is 2.43. The number of anilines is 6. The van der Waals surface area contributed by atoms with Gasteiger partial charge in [-0.3, -0.25) is 0 Å². The van der Waals surface area contributed by atoms with Crippen LogP contribution in [0.3, 0.4) is 0 Å². The van der Waals surface area contributed by atoms with E-state index in [2.05, 4.69) is 180 Å². The molecule has 4 aliphatic rings. The van der Waals surface area contributed by atoms with Gasteiger partial charge in [0.2, 0.25) is 0 Å². The van der Waals surface area contributed by atoms with Gasteiger partial charge in [-0.2, -0.15) is 0 Å². The Hall–Kier alpha value is -6.65. The second-order valence-electron chi connectivity index (χ2n) is 14.0. The summed E-state index contributed by atoms with van der Waals surface area (Å²) >= 11 is 0. The fourth-order valence-electron chi connectivity index (χ4n) is 9.39. The summed E-state index contributed by atoms with van der Waals surface area (Å²) in [6.07, 6.45) is 0. The van der Waals surface area contributed by atoms with Crippen molar-refractivity contribution in [3.05, 3.63) is 170 Å². The van der Waals surface area contributed by atoms with E-state index in [1.54, 1.807) is 0 Å². The smallest absolute Gasteiger partial charge is 0.257 e. The van der Waals surface area contributed by atoms with E-state index in [0.29, 0.717) is 0 Å². The molecule has 0 atom stereocenters. The second kappa shape index (κ2) is 10.4.